The van der Waals surface area contributed by atoms with Crippen molar-refractivity contribution in [1.82, 2.24) is 14.8 Å². The number of H-pyrrole nitrogens is 2. The zero-order valence-electron chi connectivity index (χ0n) is 8.69. The summed E-state index contributed by atoms with van der Waals surface area (Å²) in [6.07, 6.45) is 0. The van der Waals surface area contributed by atoms with E-state index >= 15 is 0 Å². The Morgan fingerprint density at radius 2 is 1.94 bits per heavy atom. The molecule has 0 spiro atoms. The third kappa shape index (κ3) is 1.77. The lowest BCUT2D eigenvalue weighted by Crippen LogP contribution is -2.24. The van der Waals surface area contributed by atoms with Gasteiger partial charge in [-0.1, -0.05) is 6.07 Å². The molecular formula is C10H11N3O3. The highest BCUT2D eigenvalue weighted by Gasteiger charge is 2.06. The van der Waals surface area contributed by atoms with Crippen LogP contribution in [0.2, 0.25) is 0 Å². The predicted octanol–water partition coefficient (Wildman–Crippen LogP) is 0.253. The predicted molar refractivity (Wildman–Crippen MR) is 58.2 cm³/mol. The fourth-order valence-corrected chi connectivity index (χ4v) is 1.42. The topological polar surface area (TPSA) is 79.9 Å². The Kier molecular flexibility index (Phi) is 2.63. The molecule has 1 aromatic carbocycles. The van der Waals surface area contributed by atoms with Crippen LogP contribution in [0.4, 0.5) is 0 Å². The van der Waals surface area contributed by atoms with Gasteiger partial charge in [0.05, 0.1) is 12.3 Å². The van der Waals surface area contributed by atoms with Crippen LogP contribution in [-0.4, -0.2) is 21.4 Å². The summed E-state index contributed by atoms with van der Waals surface area (Å²) in [6, 6.07) is 6.78. The summed E-state index contributed by atoms with van der Waals surface area (Å²) in [6.45, 7) is 2.39. The molecule has 0 unspecified atom stereocenters. The second-order valence-electron chi connectivity index (χ2n) is 3.13. The molecule has 16 heavy (non-hydrogen) atoms. The van der Waals surface area contributed by atoms with Gasteiger partial charge in [0.25, 0.3) is 0 Å². The molecule has 0 aliphatic heterocycles. The lowest BCUT2D eigenvalue weighted by Gasteiger charge is -2.04. The fourth-order valence-electron chi connectivity index (χ4n) is 1.42. The largest absolute Gasteiger partial charge is 0.494 e. The number of rotatable bonds is 3. The van der Waals surface area contributed by atoms with E-state index in [9.17, 15) is 9.59 Å². The average molecular weight is 221 g/mol. The van der Waals surface area contributed by atoms with Gasteiger partial charge in [-0.2, -0.15) is 0 Å². The highest BCUT2D eigenvalue weighted by molar-refractivity contribution is 5.38. The summed E-state index contributed by atoms with van der Waals surface area (Å²) in [5, 5.41) is 4.43. The molecule has 0 fully saturated rings. The first-order valence-corrected chi connectivity index (χ1v) is 4.85. The molecular weight excluding hydrogens is 210 g/mol. The van der Waals surface area contributed by atoms with Crippen LogP contribution >= 0.6 is 0 Å². The Balaban J connectivity index is 2.52. The molecule has 0 atom stereocenters. The van der Waals surface area contributed by atoms with Crippen LogP contribution in [0.25, 0.3) is 5.69 Å². The van der Waals surface area contributed by atoms with E-state index in [1.165, 1.54) is 0 Å². The van der Waals surface area contributed by atoms with E-state index in [-0.39, 0.29) is 0 Å². The maximum atomic E-state index is 11.3. The zero-order chi connectivity index (χ0) is 11.5. The molecule has 2 aromatic rings. The maximum absolute atomic E-state index is 11.3. The number of nitrogens with one attached hydrogen (secondary N) is 2. The van der Waals surface area contributed by atoms with Crippen molar-refractivity contribution in [3.8, 4) is 11.4 Å². The SMILES string of the molecule is CCOc1cccc(-n2c(=O)[nH][nH]c2=O)c1. The molecule has 6 nitrogen and oxygen atoms in total. The summed E-state index contributed by atoms with van der Waals surface area (Å²) in [4.78, 5) is 22.7. The fraction of sp³-hybridized carbons (Fsp3) is 0.200. The normalized spacial score (nSPS) is 10.3. The van der Waals surface area contributed by atoms with E-state index in [2.05, 4.69) is 10.2 Å². The maximum Gasteiger partial charge on any atom is 0.348 e. The summed E-state index contributed by atoms with van der Waals surface area (Å²) in [5.74, 6) is 0.618. The van der Waals surface area contributed by atoms with Gasteiger partial charge in [0.1, 0.15) is 5.75 Å². The van der Waals surface area contributed by atoms with Gasteiger partial charge in [-0.3, -0.25) is 0 Å². The molecule has 0 saturated carbocycles. The van der Waals surface area contributed by atoms with Gasteiger partial charge in [0.2, 0.25) is 0 Å². The van der Waals surface area contributed by atoms with Crippen LogP contribution < -0.4 is 16.1 Å². The number of hydrogen-bond acceptors (Lipinski definition) is 3. The third-order valence-electron chi connectivity index (χ3n) is 2.07. The molecule has 0 amide bonds. The minimum atomic E-state index is -0.501. The third-order valence-corrected chi connectivity index (χ3v) is 2.07. The molecule has 0 aliphatic carbocycles. The molecule has 0 aliphatic rings. The van der Waals surface area contributed by atoms with Gasteiger partial charge in [0, 0.05) is 6.07 Å². The summed E-state index contributed by atoms with van der Waals surface area (Å²) < 4.78 is 6.29. The quantitative estimate of drug-likeness (QED) is 0.779. The van der Waals surface area contributed by atoms with Crippen LogP contribution in [0, 0.1) is 0 Å². The molecule has 1 aromatic heterocycles. The van der Waals surface area contributed by atoms with Crippen molar-refractivity contribution in [2.75, 3.05) is 6.61 Å². The molecule has 0 radical (unpaired) electrons. The lowest BCUT2D eigenvalue weighted by atomic mass is 10.3. The summed E-state index contributed by atoms with van der Waals surface area (Å²) in [7, 11) is 0. The van der Waals surface area contributed by atoms with E-state index in [4.69, 9.17) is 4.74 Å². The first-order valence-electron chi connectivity index (χ1n) is 4.85. The van der Waals surface area contributed by atoms with Crippen LogP contribution in [-0.2, 0) is 0 Å². The van der Waals surface area contributed by atoms with E-state index in [0.717, 1.165) is 4.57 Å². The number of hydrogen-bond donors (Lipinski definition) is 2. The second-order valence-corrected chi connectivity index (χ2v) is 3.13. The van der Waals surface area contributed by atoms with Crippen LogP contribution in [0.1, 0.15) is 6.92 Å². The Morgan fingerprint density at radius 1 is 1.25 bits per heavy atom. The minimum absolute atomic E-state index is 0.471. The first-order chi connectivity index (χ1) is 7.72. The number of benzene rings is 1. The van der Waals surface area contributed by atoms with E-state index in [0.29, 0.717) is 18.0 Å². The van der Waals surface area contributed by atoms with E-state index < -0.39 is 11.4 Å². The van der Waals surface area contributed by atoms with E-state index in [1.807, 2.05) is 6.92 Å². The van der Waals surface area contributed by atoms with Crippen molar-refractivity contribution in [2.45, 2.75) is 6.92 Å². The molecule has 2 N–H and O–H groups in total. The zero-order valence-corrected chi connectivity index (χ0v) is 8.69. The van der Waals surface area contributed by atoms with Crippen LogP contribution in [0.15, 0.2) is 33.9 Å². The average Bonchev–Trinajstić information content (AvgIpc) is 2.59. The van der Waals surface area contributed by atoms with Crippen LogP contribution in [0.5, 0.6) is 5.75 Å². The van der Waals surface area contributed by atoms with Gasteiger partial charge in [0.15, 0.2) is 0 Å². The Labute approximate surface area is 90.5 Å². The number of aromatic nitrogens is 3. The molecule has 6 heteroatoms. The van der Waals surface area contributed by atoms with Crippen molar-refractivity contribution < 1.29 is 4.74 Å². The molecule has 84 valence electrons. The Morgan fingerprint density at radius 3 is 2.56 bits per heavy atom. The highest BCUT2D eigenvalue weighted by atomic mass is 16.5. The molecule has 0 saturated heterocycles. The van der Waals surface area contributed by atoms with Crippen LogP contribution in [0.3, 0.4) is 0 Å². The smallest absolute Gasteiger partial charge is 0.348 e. The van der Waals surface area contributed by atoms with Gasteiger partial charge < -0.3 is 4.74 Å². The molecule has 1 heterocycles. The van der Waals surface area contributed by atoms with Crippen molar-refractivity contribution in [2.24, 2.45) is 0 Å². The number of ether oxygens (including phenoxy) is 1. The lowest BCUT2D eigenvalue weighted by molar-refractivity contribution is 0.340. The monoisotopic (exact) mass is 221 g/mol. The first kappa shape index (κ1) is 10.3. The minimum Gasteiger partial charge on any atom is -0.494 e. The van der Waals surface area contributed by atoms with Crippen molar-refractivity contribution in [3.63, 3.8) is 0 Å². The Hall–Kier alpha value is -2.24. The number of aromatic amines is 2. The van der Waals surface area contributed by atoms with Gasteiger partial charge in [-0.15, -0.1) is 0 Å². The van der Waals surface area contributed by atoms with Gasteiger partial charge >= 0.3 is 11.4 Å². The Bertz CT molecular complexity index is 566. The van der Waals surface area contributed by atoms with Crippen molar-refractivity contribution in [3.05, 3.63) is 45.2 Å². The highest BCUT2D eigenvalue weighted by Crippen LogP contribution is 2.14. The van der Waals surface area contributed by atoms with Gasteiger partial charge in [-0.05, 0) is 19.1 Å². The van der Waals surface area contributed by atoms with Gasteiger partial charge in [-0.25, -0.2) is 24.4 Å². The summed E-state index contributed by atoms with van der Waals surface area (Å²) in [5.41, 5.74) is -0.532. The standard InChI is InChI=1S/C10H11N3O3/c1-2-16-8-5-3-4-7(6-8)13-9(14)11-12-10(13)15/h3-6H,2H2,1H3,(H,11,14)(H,12,15). The second kappa shape index (κ2) is 4.09. The van der Waals surface area contributed by atoms with E-state index in [1.54, 1.807) is 24.3 Å². The van der Waals surface area contributed by atoms with Crippen molar-refractivity contribution in [1.29, 1.82) is 0 Å². The molecule has 0 bridgehead atoms. The molecule has 2 rings (SSSR count). The summed E-state index contributed by atoms with van der Waals surface area (Å²) >= 11 is 0. The number of nitrogens with zero attached hydrogens (tertiary/aromatic N) is 1. The van der Waals surface area contributed by atoms with Crippen molar-refractivity contribution >= 4 is 0 Å².